The first-order valence-electron chi connectivity index (χ1n) is 9.61. The predicted octanol–water partition coefficient (Wildman–Crippen LogP) is 2.70. The van der Waals surface area contributed by atoms with Gasteiger partial charge in [-0.2, -0.15) is 4.52 Å². The number of morpholine rings is 1. The number of nitrogens with zero attached hydrogens (tertiary/aromatic N) is 5. The van der Waals surface area contributed by atoms with E-state index in [0.29, 0.717) is 30.2 Å². The maximum atomic E-state index is 14.3. The molecule has 8 heteroatoms. The second-order valence-electron chi connectivity index (χ2n) is 7.61. The molecule has 2 unspecified atom stereocenters. The van der Waals surface area contributed by atoms with E-state index in [9.17, 15) is 4.39 Å². The Bertz CT molecular complexity index is 1000. The molecule has 0 saturated carbocycles. The largest absolute Gasteiger partial charge is 0.378 e. The van der Waals surface area contributed by atoms with E-state index in [-0.39, 0.29) is 17.5 Å². The molecule has 0 amide bonds. The monoisotopic (exact) mass is 383 g/mol. The maximum absolute atomic E-state index is 14.3. The van der Waals surface area contributed by atoms with E-state index in [0.717, 1.165) is 31.8 Å². The van der Waals surface area contributed by atoms with E-state index in [1.54, 1.807) is 22.7 Å². The van der Waals surface area contributed by atoms with Crippen LogP contribution < -0.4 is 4.90 Å². The van der Waals surface area contributed by atoms with Crippen molar-refractivity contribution >= 4 is 11.5 Å². The van der Waals surface area contributed by atoms with Crippen molar-refractivity contribution in [3.05, 3.63) is 42.2 Å². The first kappa shape index (κ1) is 17.5. The van der Waals surface area contributed by atoms with Crippen molar-refractivity contribution in [1.82, 2.24) is 19.8 Å². The number of anilines is 1. The van der Waals surface area contributed by atoms with Crippen LogP contribution in [0.2, 0.25) is 0 Å². The van der Waals surface area contributed by atoms with Crippen LogP contribution in [0.15, 0.2) is 36.4 Å². The van der Waals surface area contributed by atoms with Crippen molar-refractivity contribution in [2.45, 2.75) is 31.5 Å². The van der Waals surface area contributed by atoms with Gasteiger partial charge in [-0.05, 0) is 44.0 Å². The van der Waals surface area contributed by atoms with Crippen LogP contribution in [0.1, 0.15) is 19.8 Å². The molecule has 0 N–H and O–H groups in total. The number of aromatic nitrogens is 4. The van der Waals surface area contributed by atoms with Gasteiger partial charge in [0.2, 0.25) is 0 Å². The average Bonchev–Trinajstić information content (AvgIpc) is 3.11. The molecule has 2 fully saturated rings. The van der Waals surface area contributed by atoms with Crippen molar-refractivity contribution in [1.29, 1.82) is 0 Å². The fourth-order valence-electron chi connectivity index (χ4n) is 4.20. The highest BCUT2D eigenvalue weighted by atomic mass is 19.1. The summed E-state index contributed by atoms with van der Waals surface area (Å²) in [6, 6.07) is 10.3. The molecule has 5 rings (SSSR count). The summed E-state index contributed by atoms with van der Waals surface area (Å²) in [7, 11) is 0. The molecule has 2 aliphatic heterocycles. The van der Waals surface area contributed by atoms with E-state index >= 15 is 0 Å². The number of halogens is 1. The van der Waals surface area contributed by atoms with Gasteiger partial charge in [-0.15, -0.1) is 15.3 Å². The highest BCUT2D eigenvalue weighted by Crippen LogP contribution is 2.32. The Morgan fingerprint density at radius 1 is 1.18 bits per heavy atom. The first-order chi connectivity index (χ1) is 13.6. The molecule has 0 bridgehead atoms. The minimum atomic E-state index is -0.345. The van der Waals surface area contributed by atoms with Gasteiger partial charge in [0, 0.05) is 13.2 Å². The van der Waals surface area contributed by atoms with Crippen molar-refractivity contribution in [3.63, 3.8) is 0 Å². The number of benzene rings is 1. The number of hydrogen-bond acceptors (Lipinski definition) is 6. The summed E-state index contributed by atoms with van der Waals surface area (Å²) in [5.41, 5.74) is 0.667. The molecule has 2 atom stereocenters. The SMILES string of the molecule is CC1CN(c2ccc3nnc(-c4ccccc4F)n3n2)CC2(CCCOC2)O1. The van der Waals surface area contributed by atoms with Gasteiger partial charge in [-0.3, -0.25) is 0 Å². The van der Waals surface area contributed by atoms with Gasteiger partial charge in [0.15, 0.2) is 11.5 Å². The third kappa shape index (κ3) is 3.02. The Labute approximate surface area is 162 Å². The standard InChI is InChI=1S/C20H22FN5O2/c1-14-11-25(12-20(28-14)9-4-10-27-13-20)18-8-7-17-22-23-19(26(17)24-18)15-5-2-3-6-16(15)21/h2-3,5-8,14H,4,9-13H2,1H3. The van der Waals surface area contributed by atoms with E-state index in [1.807, 2.05) is 12.1 Å². The fourth-order valence-corrected chi connectivity index (χ4v) is 4.20. The summed E-state index contributed by atoms with van der Waals surface area (Å²) in [5.74, 6) is 0.847. The lowest BCUT2D eigenvalue weighted by molar-refractivity contribution is -0.160. The lowest BCUT2D eigenvalue weighted by Gasteiger charge is -2.47. The number of rotatable bonds is 2. The second kappa shape index (κ2) is 6.79. The smallest absolute Gasteiger partial charge is 0.188 e. The topological polar surface area (TPSA) is 64.8 Å². The Morgan fingerprint density at radius 3 is 2.89 bits per heavy atom. The molecule has 0 aliphatic carbocycles. The Balaban J connectivity index is 1.52. The summed E-state index contributed by atoms with van der Waals surface area (Å²) in [6.45, 7) is 4.91. The zero-order valence-corrected chi connectivity index (χ0v) is 15.7. The molecular weight excluding hydrogens is 361 g/mol. The molecule has 7 nitrogen and oxygen atoms in total. The van der Waals surface area contributed by atoms with Crippen LogP contribution in [0.25, 0.3) is 17.0 Å². The van der Waals surface area contributed by atoms with Crippen LogP contribution >= 0.6 is 0 Å². The lowest BCUT2D eigenvalue weighted by Crippen LogP contribution is -2.59. The highest BCUT2D eigenvalue weighted by molar-refractivity contribution is 5.60. The third-order valence-corrected chi connectivity index (χ3v) is 5.38. The predicted molar refractivity (Wildman–Crippen MR) is 102 cm³/mol. The molecule has 4 heterocycles. The van der Waals surface area contributed by atoms with Gasteiger partial charge >= 0.3 is 0 Å². The minimum absolute atomic E-state index is 0.0693. The molecular formula is C20H22FN5O2. The molecule has 28 heavy (non-hydrogen) atoms. The van der Waals surface area contributed by atoms with Gasteiger partial charge in [0.25, 0.3) is 0 Å². The lowest BCUT2D eigenvalue weighted by atomic mass is 9.93. The summed E-state index contributed by atoms with van der Waals surface area (Å²) >= 11 is 0. The third-order valence-electron chi connectivity index (χ3n) is 5.38. The Morgan fingerprint density at radius 2 is 2.07 bits per heavy atom. The second-order valence-corrected chi connectivity index (χ2v) is 7.61. The van der Waals surface area contributed by atoms with Gasteiger partial charge in [0.1, 0.15) is 17.2 Å². The minimum Gasteiger partial charge on any atom is -0.378 e. The summed E-state index contributed by atoms with van der Waals surface area (Å²) in [5, 5.41) is 13.0. The van der Waals surface area contributed by atoms with Crippen LogP contribution in [0.5, 0.6) is 0 Å². The van der Waals surface area contributed by atoms with Crippen LogP contribution in [0.3, 0.4) is 0 Å². The zero-order valence-electron chi connectivity index (χ0n) is 15.7. The first-order valence-corrected chi connectivity index (χ1v) is 9.61. The molecule has 146 valence electrons. The van der Waals surface area contributed by atoms with Crippen molar-refractivity contribution < 1.29 is 13.9 Å². The quantitative estimate of drug-likeness (QED) is 0.678. The van der Waals surface area contributed by atoms with Crippen LogP contribution in [0.4, 0.5) is 10.2 Å². The van der Waals surface area contributed by atoms with Gasteiger partial charge < -0.3 is 14.4 Å². The fraction of sp³-hybridized carbons (Fsp3) is 0.450. The van der Waals surface area contributed by atoms with Gasteiger partial charge in [-0.1, -0.05) is 12.1 Å². The number of ether oxygens (including phenoxy) is 2. The van der Waals surface area contributed by atoms with Crippen molar-refractivity contribution in [2.75, 3.05) is 31.2 Å². The molecule has 2 aromatic heterocycles. The molecule has 1 aromatic carbocycles. The molecule has 0 radical (unpaired) electrons. The molecule has 2 aliphatic rings. The van der Waals surface area contributed by atoms with Crippen LogP contribution in [-0.2, 0) is 9.47 Å². The molecule has 3 aromatic rings. The molecule has 1 spiro atoms. The van der Waals surface area contributed by atoms with Gasteiger partial charge in [-0.25, -0.2) is 4.39 Å². The van der Waals surface area contributed by atoms with E-state index in [2.05, 4.69) is 22.0 Å². The number of fused-ring (bicyclic) bond motifs is 1. The number of hydrogen-bond donors (Lipinski definition) is 0. The van der Waals surface area contributed by atoms with Crippen LogP contribution in [0, 0.1) is 5.82 Å². The van der Waals surface area contributed by atoms with E-state index in [1.165, 1.54) is 6.07 Å². The van der Waals surface area contributed by atoms with Gasteiger partial charge in [0.05, 0.1) is 24.8 Å². The molecule has 2 saturated heterocycles. The zero-order chi connectivity index (χ0) is 19.1. The summed E-state index contributed by atoms with van der Waals surface area (Å²) in [4.78, 5) is 2.22. The van der Waals surface area contributed by atoms with E-state index < -0.39 is 0 Å². The summed E-state index contributed by atoms with van der Waals surface area (Å²) < 4.78 is 27.9. The highest BCUT2D eigenvalue weighted by Gasteiger charge is 2.41. The van der Waals surface area contributed by atoms with Crippen molar-refractivity contribution in [2.24, 2.45) is 0 Å². The normalized spacial score (nSPS) is 25.5. The Hall–Kier alpha value is -2.58. The Kier molecular flexibility index (Phi) is 4.25. The van der Waals surface area contributed by atoms with Crippen LogP contribution in [-0.4, -0.2) is 57.8 Å². The average molecular weight is 383 g/mol. The summed E-state index contributed by atoms with van der Waals surface area (Å²) in [6.07, 6.45) is 2.04. The maximum Gasteiger partial charge on any atom is 0.188 e. The van der Waals surface area contributed by atoms with E-state index in [4.69, 9.17) is 14.6 Å². The van der Waals surface area contributed by atoms with Crippen molar-refractivity contribution in [3.8, 4) is 11.4 Å².